The van der Waals surface area contributed by atoms with Crippen LogP contribution in [-0.2, 0) is 11.3 Å². The number of anilines is 1. The third kappa shape index (κ3) is 4.09. The maximum Gasteiger partial charge on any atom is 0.340 e. The molecular weight excluding hydrogens is 278 g/mol. The lowest BCUT2D eigenvalue weighted by molar-refractivity contribution is 0.0473. The minimum absolute atomic E-state index is 0.00582. The Morgan fingerprint density at radius 2 is 1.95 bits per heavy atom. The van der Waals surface area contributed by atoms with E-state index in [0.717, 1.165) is 16.7 Å². The van der Waals surface area contributed by atoms with E-state index in [1.807, 2.05) is 38.1 Å². The molecule has 0 heterocycles. The van der Waals surface area contributed by atoms with Crippen LogP contribution in [0.25, 0.3) is 0 Å². The van der Waals surface area contributed by atoms with E-state index in [0.29, 0.717) is 17.8 Å². The molecule has 0 bridgehead atoms. The normalized spacial score (nSPS) is 10.3. The highest BCUT2D eigenvalue weighted by atomic mass is 16.5. The Morgan fingerprint density at radius 3 is 2.73 bits per heavy atom. The summed E-state index contributed by atoms with van der Waals surface area (Å²) in [6.45, 7) is 4.66. The van der Waals surface area contributed by atoms with Gasteiger partial charge in [-0.2, -0.15) is 0 Å². The molecule has 0 aromatic heterocycles. The quantitative estimate of drug-likeness (QED) is 0.805. The number of aliphatic hydroxyl groups excluding tert-OH is 1. The van der Waals surface area contributed by atoms with E-state index in [4.69, 9.17) is 9.84 Å². The van der Waals surface area contributed by atoms with Crippen LogP contribution in [0.1, 0.15) is 27.0 Å². The summed E-state index contributed by atoms with van der Waals surface area (Å²) in [6.07, 6.45) is 0. The SMILES string of the molecule is Cc1ccc(C)c(COC(=O)c2ccccc2NCCO)c1. The number of benzene rings is 2. The number of rotatable bonds is 6. The highest BCUT2D eigenvalue weighted by molar-refractivity contribution is 5.95. The Kier molecular flexibility index (Phi) is 5.55. The van der Waals surface area contributed by atoms with Gasteiger partial charge in [-0.3, -0.25) is 0 Å². The molecule has 0 atom stereocenters. The van der Waals surface area contributed by atoms with Crippen molar-refractivity contribution in [3.8, 4) is 0 Å². The number of aliphatic hydroxyl groups is 1. The monoisotopic (exact) mass is 299 g/mol. The van der Waals surface area contributed by atoms with Crippen LogP contribution in [0.15, 0.2) is 42.5 Å². The fourth-order valence-corrected chi connectivity index (χ4v) is 2.18. The van der Waals surface area contributed by atoms with Gasteiger partial charge in [0.1, 0.15) is 6.61 Å². The standard InChI is InChI=1S/C18H21NO3/c1-13-7-8-14(2)15(11-13)12-22-18(21)16-5-3-4-6-17(16)19-9-10-20/h3-8,11,19-20H,9-10,12H2,1-2H3. The molecule has 0 spiro atoms. The second-order valence-electron chi connectivity index (χ2n) is 5.20. The van der Waals surface area contributed by atoms with E-state index in [9.17, 15) is 4.79 Å². The second kappa shape index (κ2) is 7.61. The van der Waals surface area contributed by atoms with Crippen molar-refractivity contribution >= 4 is 11.7 Å². The lowest BCUT2D eigenvalue weighted by Crippen LogP contribution is -2.12. The van der Waals surface area contributed by atoms with E-state index < -0.39 is 0 Å². The highest BCUT2D eigenvalue weighted by Gasteiger charge is 2.12. The molecule has 4 heteroatoms. The minimum atomic E-state index is -0.373. The molecule has 22 heavy (non-hydrogen) atoms. The summed E-state index contributed by atoms with van der Waals surface area (Å²) in [5.41, 5.74) is 4.39. The van der Waals surface area contributed by atoms with E-state index in [-0.39, 0.29) is 19.2 Å². The topological polar surface area (TPSA) is 58.6 Å². The van der Waals surface area contributed by atoms with Gasteiger partial charge in [-0.05, 0) is 37.1 Å². The van der Waals surface area contributed by atoms with Gasteiger partial charge in [-0.1, -0.05) is 35.9 Å². The number of carbonyl (C=O) groups excluding carboxylic acids is 1. The summed E-state index contributed by atoms with van der Waals surface area (Å²) < 4.78 is 5.43. The molecule has 2 aromatic rings. The Balaban J connectivity index is 2.08. The summed E-state index contributed by atoms with van der Waals surface area (Å²) in [6, 6.07) is 13.2. The molecule has 0 saturated heterocycles. The van der Waals surface area contributed by atoms with Crippen LogP contribution in [0.2, 0.25) is 0 Å². The van der Waals surface area contributed by atoms with Gasteiger partial charge in [0.25, 0.3) is 0 Å². The van der Waals surface area contributed by atoms with Crippen LogP contribution in [0.4, 0.5) is 5.69 Å². The molecule has 0 aliphatic rings. The fourth-order valence-electron chi connectivity index (χ4n) is 2.18. The van der Waals surface area contributed by atoms with E-state index in [2.05, 4.69) is 5.32 Å². The molecule has 0 amide bonds. The zero-order valence-electron chi connectivity index (χ0n) is 12.9. The van der Waals surface area contributed by atoms with Crippen molar-refractivity contribution in [3.63, 3.8) is 0 Å². The number of esters is 1. The third-order valence-electron chi connectivity index (χ3n) is 3.44. The van der Waals surface area contributed by atoms with Crippen LogP contribution in [0.5, 0.6) is 0 Å². The highest BCUT2D eigenvalue weighted by Crippen LogP contribution is 2.18. The molecule has 0 saturated carbocycles. The van der Waals surface area contributed by atoms with Gasteiger partial charge in [0.05, 0.1) is 12.2 Å². The first-order chi connectivity index (χ1) is 10.6. The van der Waals surface area contributed by atoms with E-state index in [1.165, 1.54) is 0 Å². The molecule has 0 fully saturated rings. The number of nitrogens with one attached hydrogen (secondary N) is 1. The third-order valence-corrected chi connectivity index (χ3v) is 3.44. The summed E-state index contributed by atoms with van der Waals surface area (Å²) in [4.78, 5) is 12.3. The van der Waals surface area contributed by atoms with Gasteiger partial charge in [0.15, 0.2) is 0 Å². The minimum Gasteiger partial charge on any atom is -0.457 e. The van der Waals surface area contributed by atoms with Gasteiger partial charge in [-0.15, -0.1) is 0 Å². The molecule has 2 N–H and O–H groups in total. The van der Waals surface area contributed by atoms with Gasteiger partial charge in [0, 0.05) is 12.2 Å². The zero-order chi connectivity index (χ0) is 15.9. The van der Waals surface area contributed by atoms with Crippen LogP contribution < -0.4 is 5.32 Å². The molecule has 2 aromatic carbocycles. The van der Waals surface area contributed by atoms with Crippen LogP contribution in [0.3, 0.4) is 0 Å². The van der Waals surface area contributed by atoms with Crippen molar-refractivity contribution in [1.82, 2.24) is 0 Å². The van der Waals surface area contributed by atoms with Crippen molar-refractivity contribution in [2.24, 2.45) is 0 Å². The van der Waals surface area contributed by atoms with Crippen molar-refractivity contribution in [2.45, 2.75) is 20.5 Å². The summed E-state index contributed by atoms with van der Waals surface area (Å²) in [5, 5.41) is 11.9. The molecule has 4 nitrogen and oxygen atoms in total. The molecular formula is C18H21NO3. The smallest absolute Gasteiger partial charge is 0.340 e. The second-order valence-corrected chi connectivity index (χ2v) is 5.20. The molecule has 0 aliphatic carbocycles. The van der Waals surface area contributed by atoms with Crippen LogP contribution >= 0.6 is 0 Å². The van der Waals surface area contributed by atoms with Gasteiger partial charge >= 0.3 is 5.97 Å². The lowest BCUT2D eigenvalue weighted by atomic mass is 10.1. The molecule has 116 valence electrons. The summed E-state index contributed by atoms with van der Waals surface area (Å²) in [7, 11) is 0. The molecule has 0 unspecified atom stereocenters. The van der Waals surface area contributed by atoms with Gasteiger partial charge in [-0.25, -0.2) is 4.79 Å². The van der Waals surface area contributed by atoms with Crippen molar-refractivity contribution in [1.29, 1.82) is 0 Å². The Labute approximate surface area is 130 Å². The number of hydrogen-bond donors (Lipinski definition) is 2. The maximum absolute atomic E-state index is 12.3. The number of ether oxygens (including phenoxy) is 1. The van der Waals surface area contributed by atoms with E-state index >= 15 is 0 Å². The first-order valence-electron chi connectivity index (χ1n) is 7.29. The summed E-state index contributed by atoms with van der Waals surface area (Å²) in [5.74, 6) is -0.373. The Bertz CT molecular complexity index is 653. The largest absolute Gasteiger partial charge is 0.457 e. The average Bonchev–Trinajstić information content (AvgIpc) is 2.53. The summed E-state index contributed by atoms with van der Waals surface area (Å²) >= 11 is 0. The van der Waals surface area contributed by atoms with E-state index in [1.54, 1.807) is 18.2 Å². The number of hydrogen-bond acceptors (Lipinski definition) is 4. The molecule has 0 radical (unpaired) electrons. The molecule has 0 aliphatic heterocycles. The zero-order valence-corrected chi connectivity index (χ0v) is 12.9. The molecule has 2 rings (SSSR count). The van der Waals surface area contributed by atoms with Crippen molar-refractivity contribution in [2.75, 3.05) is 18.5 Å². The number of carbonyl (C=O) groups is 1. The predicted octanol–water partition coefficient (Wildman–Crippen LogP) is 3.06. The lowest BCUT2D eigenvalue weighted by Gasteiger charge is -2.12. The van der Waals surface area contributed by atoms with Crippen molar-refractivity contribution in [3.05, 3.63) is 64.7 Å². The van der Waals surface area contributed by atoms with Crippen LogP contribution in [0, 0.1) is 13.8 Å². The number of aryl methyl sites for hydroxylation is 2. The maximum atomic E-state index is 12.3. The van der Waals surface area contributed by atoms with Crippen molar-refractivity contribution < 1.29 is 14.6 Å². The first kappa shape index (κ1) is 16.0. The number of para-hydroxylation sites is 1. The average molecular weight is 299 g/mol. The van der Waals surface area contributed by atoms with Gasteiger partial charge < -0.3 is 15.2 Å². The Hall–Kier alpha value is -2.33. The predicted molar refractivity (Wildman–Crippen MR) is 87.1 cm³/mol. The fraction of sp³-hybridized carbons (Fsp3) is 0.278. The Morgan fingerprint density at radius 1 is 1.18 bits per heavy atom. The van der Waals surface area contributed by atoms with Gasteiger partial charge in [0.2, 0.25) is 0 Å². The first-order valence-corrected chi connectivity index (χ1v) is 7.29. The van der Waals surface area contributed by atoms with Crippen LogP contribution in [-0.4, -0.2) is 24.2 Å².